The largest absolute Gasteiger partial charge is 0.508 e. The lowest BCUT2D eigenvalue weighted by atomic mass is 10.1. The fourth-order valence-corrected chi connectivity index (χ4v) is 11.6. The Morgan fingerprint density at radius 2 is 0.884 bits per heavy atom. The Labute approximate surface area is 500 Å². The predicted octanol–water partition coefficient (Wildman–Crippen LogP) is 16.0. The Kier molecular flexibility index (Phi) is 17.7. The van der Waals surface area contributed by atoms with Gasteiger partial charge in [-0.25, -0.2) is 8.78 Å². The van der Waals surface area contributed by atoms with Crippen LogP contribution in [-0.2, 0) is 40.3 Å². The first-order valence-electron chi connectivity index (χ1n) is 27.3. The number of phenols is 2. The standard InChI is InChI=1S/C35H29FN2O5S.C33H25FN2O5S/c1-2-41-33(40)21-23-3-5-24(6-4-23)31-17-18-38(37-31)19-20-42-28-12-14-29(15-13-28)43-34-30-16-11-27(39)22-32(30)44-35(34)25-7-9-26(36)10-8-25;34-24-7-5-23(6-8-24)33-32(28-14-9-25(37)20-30(28)42-33)41-27-12-10-26(11-13-27)40-18-17-36-16-15-29(35-36)22-3-1-21(2-4-22)19-31(38)39/h3-18,22,39H,2,19-21H2,1H3;1-16,20,37H,17-19H2,(H,38,39). The van der Waals surface area contributed by atoms with Crippen molar-refractivity contribution in [2.75, 3.05) is 19.8 Å². The van der Waals surface area contributed by atoms with Gasteiger partial charge in [0.25, 0.3) is 0 Å². The lowest BCUT2D eigenvalue weighted by Gasteiger charge is -2.10. The van der Waals surface area contributed by atoms with E-state index < -0.39 is 5.97 Å². The molecule has 0 saturated heterocycles. The minimum atomic E-state index is -0.858. The summed E-state index contributed by atoms with van der Waals surface area (Å²) in [6.45, 7) is 4.11. The molecule has 14 nitrogen and oxygen atoms in total. The number of fused-ring (bicyclic) bond motifs is 2. The number of carbonyl (C=O) groups excluding carboxylic acids is 1. The predicted molar refractivity (Wildman–Crippen MR) is 329 cm³/mol. The summed E-state index contributed by atoms with van der Waals surface area (Å²) in [7, 11) is 0. The van der Waals surface area contributed by atoms with Gasteiger partial charge in [0.05, 0.1) is 53.7 Å². The normalized spacial score (nSPS) is 11.1. The molecule has 0 bridgehead atoms. The zero-order valence-corrected chi connectivity index (χ0v) is 47.8. The van der Waals surface area contributed by atoms with Gasteiger partial charge in [-0.15, -0.1) is 22.7 Å². The van der Waals surface area contributed by atoms with Gasteiger partial charge in [-0.2, -0.15) is 10.2 Å². The van der Waals surface area contributed by atoms with Crippen molar-refractivity contribution in [1.29, 1.82) is 0 Å². The van der Waals surface area contributed by atoms with Gasteiger partial charge < -0.3 is 39.0 Å². The quantitative estimate of drug-likeness (QED) is 0.0581. The van der Waals surface area contributed by atoms with E-state index in [1.165, 1.54) is 46.9 Å². The first-order chi connectivity index (χ1) is 41.9. The summed E-state index contributed by atoms with van der Waals surface area (Å²) < 4.78 is 62.0. The minimum Gasteiger partial charge on any atom is -0.508 e. The van der Waals surface area contributed by atoms with Gasteiger partial charge in [-0.05, 0) is 151 Å². The van der Waals surface area contributed by atoms with Crippen LogP contribution in [-0.4, -0.2) is 66.6 Å². The number of carbonyl (C=O) groups is 2. The number of halogens is 2. The molecule has 0 saturated carbocycles. The van der Waals surface area contributed by atoms with Crippen molar-refractivity contribution in [3.63, 3.8) is 0 Å². The average molecular weight is 1190 g/mol. The first-order valence-corrected chi connectivity index (χ1v) is 29.0. The van der Waals surface area contributed by atoms with Gasteiger partial charge >= 0.3 is 11.9 Å². The molecule has 0 spiro atoms. The second-order valence-corrected chi connectivity index (χ2v) is 21.7. The number of rotatable bonds is 21. The Balaban J connectivity index is 0.000000179. The summed E-state index contributed by atoms with van der Waals surface area (Å²) in [5.74, 6) is 2.53. The maximum absolute atomic E-state index is 13.6. The number of aromatic nitrogens is 4. The highest BCUT2D eigenvalue weighted by molar-refractivity contribution is 7.23. The van der Waals surface area contributed by atoms with Gasteiger partial charge in [0.2, 0.25) is 0 Å². The summed E-state index contributed by atoms with van der Waals surface area (Å²) in [4.78, 5) is 24.3. The van der Waals surface area contributed by atoms with E-state index >= 15 is 0 Å². The van der Waals surface area contributed by atoms with Crippen molar-refractivity contribution in [1.82, 2.24) is 19.6 Å². The molecule has 3 N–H and O–H groups in total. The summed E-state index contributed by atoms with van der Waals surface area (Å²) >= 11 is 2.94. The molecular weight excluding hydrogens is 1130 g/mol. The molecule has 0 fully saturated rings. The van der Waals surface area contributed by atoms with Crippen LogP contribution in [0.15, 0.2) is 207 Å². The lowest BCUT2D eigenvalue weighted by Crippen LogP contribution is -2.08. The maximum Gasteiger partial charge on any atom is 0.310 e. The number of ether oxygens (including phenoxy) is 5. The monoisotopic (exact) mass is 1190 g/mol. The maximum atomic E-state index is 13.6. The third-order valence-corrected chi connectivity index (χ3v) is 15.9. The number of nitrogens with zero attached hydrogens (tertiary/aromatic N) is 4. The van der Waals surface area contributed by atoms with Crippen LogP contribution in [0.1, 0.15) is 18.1 Å². The van der Waals surface area contributed by atoms with Crippen LogP contribution < -0.4 is 18.9 Å². The number of phenolic OH excluding ortho intramolecular Hbond substituents is 2. The van der Waals surface area contributed by atoms with E-state index in [0.717, 1.165) is 74.7 Å². The van der Waals surface area contributed by atoms with E-state index in [0.29, 0.717) is 67.4 Å². The molecule has 432 valence electrons. The van der Waals surface area contributed by atoms with Crippen molar-refractivity contribution in [3.8, 4) is 89.4 Å². The van der Waals surface area contributed by atoms with Crippen LogP contribution in [0, 0.1) is 11.6 Å². The van der Waals surface area contributed by atoms with Crippen LogP contribution in [0.4, 0.5) is 8.78 Å². The van der Waals surface area contributed by atoms with Gasteiger partial charge in [0, 0.05) is 43.7 Å². The fraction of sp³-hybridized carbons (Fsp3) is 0.118. The van der Waals surface area contributed by atoms with E-state index in [9.17, 15) is 28.6 Å². The summed E-state index contributed by atoms with van der Waals surface area (Å²) in [5, 5.41) is 39.8. The number of hydrogen-bond donors (Lipinski definition) is 3. The molecule has 0 atom stereocenters. The SMILES string of the molecule is CCOC(=O)Cc1ccc(-c2ccn(CCOc3ccc(Oc4c(-c5ccc(F)cc5)sc5cc(O)ccc45)cc3)n2)cc1.O=C(O)Cc1ccc(-c2ccn(CCOc3ccc(Oc4c(-c5ccc(F)cc5)sc5cc(O)ccc45)cc3)n2)cc1. The van der Waals surface area contributed by atoms with Gasteiger partial charge in [-0.3, -0.25) is 19.0 Å². The van der Waals surface area contributed by atoms with Crippen molar-refractivity contribution < 1.29 is 57.4 Å². The van der Waals surface area contributed by atoms with Crippen LogP contribution in [0.2, 0.25) is 0 Å². The zero-order valence-electron chi connectivity index (χ0n) is 46.1. The molecule has 0 amide bonds. The molecule has 12 aromatic rings. The highest BCUT2D eigenvalue weighted by Gasteiger charge is 2.20. The van der Waals surface area contributed by atoms with Crippen molar-refractivity contribution in [2.24, 2.45) is 0 Å². The molecule has 0 radical (unpaired) electrons. The molecule has 4 aromatic heterocycles. The molecule has 18 heteroatoms. The third-order valence-electron chi connectivity index (χ3n) is 13.5. The number of esters is 1. The van der Waals surface area contributed by atoms with E-state index in [-0.39, 0.29) is 41.9 Å². The summed E-state index contributed by atoms with van der Waals surface area (Å²) in [5.41, 5.74) is 6.81. The molecule has 0 aliphatic carbocycles. The second kappa shape index (κ2) is 26.5. The van der Waals surface area contributed by atoms with Crippen molar-refractivity contribution in [3.05, 3.63) is 229 Å². The Morgan fingerprint density at radius 1 is 0.488 bits per heavy atom. The second-order valence-electron chi connectivity index (χ2n) is 19.6. The molecule has 0 unspecified atom stereocenters. The molecule has 0 aliphatic heterocycles. The van der Waals surface area contributed by atoms with E-state index in [1.54, 1.807) is 72.3 Å². The molecule has 0 aliphatic rings. The number of benzene rings is 8. The Bertz CT molecular complexity index is 4280. The number of aliphatic carboxylic acids is 1. The Hall–Kier alpha value is -10.3. The van der Waals surface area contributed by atoms with Crippen LogP contribution in [0.5, 0.6) is 46.0 Å². The van der Waals surface area contributed by atoms with Gasteiger partial charge in [-0.1, -0.05) is 72.8 Å². The van der Waals surface area contributed by atoms with E-state index in [2.05, 4.69) is 10.2 Å². The van der Waals surface area contributed by atoms with Crippen molar-refractivity contribution >= 4 is 54.8 Å². The number of thiophene rings is 2. The van der Waals surface area contributed by atoms with Crippen molar-refractivity contribution in [2.45, 2.75) is 32.9 Å². The zero-order chi connectivity index (χ0) is 59.5. The Morgan fingerprint density at radius 3 is 1.29 bits per heavy atom. The number of carboxylic acid groups (broad SMARTS) is 1. The van der Waals surface area contributed by atoms with Gasteiger partial charge in [0.15, 0.2) is 11.5 Å². The van der Waals surface area contributed by atoms with Crippen LogP contribution in [0.25, 0.3) is 63.6 Å². The molecule has 86 heavy (non-hydrogen) atoms. The molecule has 4 heterocycles. The topological polar surface area (TPSA) is 177 Å². The molecule has 12 rings (SSSR count). The summed E-state index contributed by atoms with van der Waals surface area (Å²) in [6, 6.07) is 56.4. The fourth-order valence-electron chi connectivity index (χ4n) is 9.29. The number of hydrogen-bond acceptors (Lipinski definition) is 13. The highest BCUT2D eigenvalue weighted by Crippen LogP contribution is 2.49. The lowest BCUT2D eigenvalue weighted by molar-refractivity contribution is -0.142. The smallest absolute Gasteiger partial charge is 0.310 e. The minimum absolute atomic E-state index is 0.00746. The third kappa shape index (κ3) is 14.4. The van der Waals surface area contributed by atoms with E-state index in [4.69, 9.17) is 28.8 Å². The van der Waals surface area contributed by atoms with Crippen LogP contribution >= 0.6 is 22.7 Å². The highest BCUT2D eigenvalue weighted by atomic mass is 32.1. The average Bonchev–Trinajstić information content (AvgIpc) is 4.25. The van der Waals surface area contributed by atoms with Crippen LogP contribution in [0.3, 0.4) is 0 Å². The number of carboxylic acids is 1. The number of aromatic hydroxyl groups is 2. The first kappa shape index (κ1) is 57.5. The summed E-state index contributed by atoms with van der Waals surface area (Å²) in [6.07, 6.45) is 4.03. The van der Waals surface area contributed by atoms with E-state index in [1.807, 2.05) is 126 Å². The molecular formula is C68H54F2N4O10S2. The molecule has 8 aromatic carbocycles. The van der Waals surface area contributed by atoms with Gasteiger partial charge in [0.1, 0.15) is 59.3 Å².